The number of hydrogen-bond acceptors (Lipinski definition) is 4. The largest absolute Gasteiger partial charge is 0.319 e. The molecule has 9 heteroatoms. The first-order chi connectivity index (χ1) is 11.7. The Morgan fingerprint density at radius 3 is 2.56 bits per heavy atom. The Labute approximate surface area is 157 Å². The third-order valence-electron chi connectivity index (χ3n) is 3.86. The van der Waals surface area contributed by atoms with Crippen LogP contribution in [0.15, 0.2) is 45.8 Å². The summed E-state index contributed by atoms with van der Waals surface area (Å²) < 4.78 is 39.0. The molecule has 2 N–H and O–H groups in total. The number of carbonyl (C=O) groups excluding carboxylic acids is 1. The van der Waals surface area contributed by atoms with Crippen LogP contribution < -0.4 is 10.6 Å². The van der Waals surface area contributed by atoms with Crippen molar-refractivity contribution in [3.8, 4) is 0 Å². The molecule has 5 nitrogen and oxygen atoms in total. The van der Waals surface area contributed by atoms with Crippen LogP contribution in [0.1, 0.15) is 5.56 Å². The second-order valence-electron chi connectivity index (χ2n) is 5.67. The van der Waals surface area contributed by atoms with E-state index in [1.54, 1.807) is 24.3 Å². The summed E-state index contributed by atoms with van der Waals surface area (Å²) >= 11 is 8.90. The fourth-order valence-electron chi connectivity index (χ4n) is 2.63. The van der Waals surface area contributed by atoms with Gasteiger partial charge < -0.3 is 10.6 Å². The lowest BCUT2D eigenvalue weighted by Gasteiger charge is -2.24. The van der Waals surface area contributed by atoms with Gasteiger partial charge in [0.05, 0.1) is 33.4 Å². The van der Waals surface area contributed by atoms with Gasteiger partial charge in [-0.15, -0.1) is 0 Å². The Morgan fingerprint density at radius 2 is 1.92 bits per heavy atom. The zero-order valence-corrected chi connectivity index (χ0v) is 15.9. The van der Waals surface area contributed by atoms with E-state index in [1.807, 2.05) is 0 Å². The molecule has 0 saturated heterocycles. The number of fused-ring (bicyclic) bond motifs is 1. The van der Waals surface area contributed by atoms with Crippen molar-refractivity contribution < 1.29 is 17.6 Å². The maximum Gasteiger partial charge on any atom is 0.245 e. The molecule has 2 aromatic rings. The van der Waals surface area contributed by atoms with Crippen molar-refractivity contribution in [1.29, 1.82) is 0 Å². The highest BCUT2D eigenvalue weighted by molar-refractivity contribution is 9.10. The fraction of sp³-hybridized carbons (Fsp3) is 0.188. The van der Waals surface area contributed by atoms with Crippen molar-refractivity contribution in [2.24, 2.45) is 5.73 Å². The maximum atomic E-state index is 13.9. The number of rotatable bonds is 2. The molecule has 1 amide bonds. The molecular formula is C16H13BrClFN2O3S. The zero-order chi connectivity index (χ0) is 18.4. The molecule has 0 bridgehead atoms. The van der Waals surface area contributed by atoms with E-state index in [1.165, 1.54) is 11.0 Å². The smallest absolute Gasteiger partial charge is 0.245 e. The summed E-state index contributed by atoms with van der Waals surface area (Å²) in [5.41, 5.74) is 6.61. The number of benzene rings is 2. The lowest BCUT2D eigenvalue weighted by molar-refractivity contribution is -0.119. The Kier molecular flexibility index (Phi) is 4.89. The van der Waals surface area contributed by atoms with Crippen LogP contribution in [0.4, 0.5) is 10.1 Å². The number of halogens is 3. The van der Waals surface area contributed by atoms with Crippen molar-refractivity contribution in [2.45, 2.75) is 17.5 Å². The number of sulfone groups is 1. The predicted molar refractivity (Wildman–Crippen MR) is 96.8 cm³/mol. The molecule has 2 aromatic carbocycles. The summed E-state index contributed by atoms with van der Waals surface area (Å²) in [5.74, 6) is -1.84. The van der Waals surface area contributed by atoms with Crippen LogP contribution >= 0.6 is 27.5 Å². The van der Waals surface area contributed by atoms with Crippen molar-refractivity contribution in [1.82, 2.24) is 0 Å². The molecule has 1 aliphatic rings. The molecule has 0 aliphatic carbocycles. The third kappa shape index (κ3) is 3.57. The molecule has 0 unspecified atom stereocenters. The first kappa shape index (κ1) is 18.3. The lowest BCUT2D eigenvalue weighted by atomic mass is 10.1. The van der Waals surface area contributed by atoms with Gasteiger partial charge in [0.25, 0.3) is 0 Å². The van der Waals surface area contributed by atoms with Gasteiger partial charge in [-0.2, -0.15) is 0 Å². The summed E-state index contributed by atoms with van der Waals surface area (Å²) in [6, 6.07) is 7.74. The summed E-state index contributed by atoms with van der Waals surface area (Å²) in [6.07, 6.45) is 0. The van der Waals surface area contributed by atoms with Crippen molar-refractivity contribution >= 4 is 49.0 Å². The quantitative estimate of drug-likeness (QED) is 0.768. The molecule has 0 fully saturated rings. The minimum Gasteiger partial charge on any atom is -0.319 e. The highest BCUT2D eigenvalue weighted by atomic mass is 79.9. The Balaban J connectivity index is 2.16. The average Bonchev–Trinajstić information content (AvgIpc) is 2.60. The summed E-state index contributed by atoms with van der Waals surface area (Å²) in [5, 5.41) is 0.537. The molecular weight excluding hydrogens is 435 g/mol. The second kappa shape index (κ2) is 6.68. The number of anilines is 1. The van der Waals surface area contributed by atoms with Crippen molar-refractivity contribution in [3.63, 3.8) is 0 Å². The molecule has 0 radical (unpaired) electrons. The van der Waals surface area contributed by atoms with Gasteiger partial charge in [0.15, 0.2) is 9.84 Å². The normalized spacial score (nSPS) is 19.4. The minimum atomic E-state index is -3.90. The standard InChI is InChI=1S/C16H13BrClFN2O3S/c17-11-5-14-15(6-12(11)19)25(23,24)8-13(20)16(22)21(14)7-9-1-3-10(18)4-2-9/h1-6,13H,7-8,20H2/t13-/m0/s1. The van der Waals surface area contributed by atoms with E-state index in [2.05, 4.69) is 15.9 Å². The van der Waals surface area contributed by atoms with Gasteiger partial charge in [0.2, 0.25) is 5.91 Å². The number of amides is 1. The van der Waals surface area contributed by atoms with Crippen molar-refractivity contribution in [3.05, 3.63) is 57.3 Å². The van der Waals surface area contributed by atoms with Gasteiger partial charge >= 0.3 is 0 Å². The summed E-state index contributed by atoms with van der Waals surface area (Å²) in [6.45, 7) is 0.0876. The number of carbonyl (C=O) groups is 1. The van der Waals surface area contributed by atoms with Gasteiger partial charge in [0, 0.05) is 5.02 Å². The van der Waals surface area contributed by atoms with E-state index in [9.17, 15) is 17.6 Å². The van der Waals surface area contributed by atoms with Gasteiger partial charge in [0.1, 0.15) is 5.82 Å². The van der Waals surface area contributed by atoms with Gasteiger partial charge in [-0.05, 0) is 45.8 Å². The van der Waals surface area contributed by atoms with Crippen LogP contribution in [-0.4, -0.2) is 26.1 Å². The number of hydrogen-bond donors (Lipinski definition) is 1. The van der Waals surface area contributed by atoms with Crippen LogP contribution in [-0.2, 0) is 21.2 Å². The number of nitrogens with two attached hydrogens (primary N) is 1. The molecule has 1 atom stereocenters. The van der Waals surface area contributed by atoms with Gasteiger partial charge in [-0.1, -0.05) is 23.7 Å². The second-order valence-corrected chi connectivity index (χ2v) is 8.97. The topological polar surface area (TPSA) is 80.5 Å². The van der Waals surface area contributed by atoms with Gasteiger partial charge in [-0.25, -0.2) is 12.8 Å². The van der Waals surface area contributed by atoms with E-state index in [-0.39, 0.29) is 21.6 Å². The molecule has 1 aliphatic heterocycles. The molecule has 3 rings (SSSR count). The Hall–Kier alpha value is -1.48. The van der Waals surface area contributed by atoms with E-state index in [0.717, 1.165) is 11.6 Å². The molecule has 25 heavy (non-hydrogen) atoms. The predicted octanol–water partition coefficient (Wildman–Crippen LogP) is 2.89. The molecule has 132 valence electrons. The monoisotopic (exact) mass is 446 g/mol. The van der Waals surface area contributed by atoms with E-state index < -0.39 is 33.4 Å². The zero-order valence-electron chi connectivity index (χ0n) is 12.7. The average molecular weight is 448 g/mol. The third-order valence-corrected chi connectivity index (χ3v) is 6.52. The van der Waals surface area contributed by atoms with Crippen LogP contribution in [0.5, 0.6) is 0 Å². The van der Waals surface area contributed by atoms with Crippen LogP contribution in [0.2, 0.25) is 5.02 Å². The first-order valence-corrected chi connectivity index (χ1v) is 10.0. The summed E-state index contributed by atoms with van der Waals surface area (Å²) in [7, 11) is -3.90. The highest BCUT2D eigenvalue weighted by Crippen LogP contribution is 2.35. The Morgan fingerprint density at radius 1 is 1.28 bits per heavy atom. The Bertz CT molecular complexity index is 951. The van der Waals surface area contributed by atoms with Crippen LogP contribution in [0, 0.1) is 5.82 Å². The lowest BCUT2D eigenvalue weighted by Crippen LogP contribution is -2.45. The number of nitrogens with zero attached hydrogens (tertiary/aromatic N) is 1. The molecule has 0 saturated carbocycles. The van der Waals surface area contributed by atoms with E-state index in [0.29, 0.717) is 5.02 Å². The highest BCUT2D eigenvalue weighted by Gasteiger charge is 2.36. The molecule has 0 spiro atoms. The summed E-state index contributed by atoms with van der Waals surface area (Å²) in [4.78, 5) is 13.7. The van der Waals surface area contributed by atoms with E-state index >= 15 is 0 Å². The fourth-order valence-corrected chi connectivity index (χ4v) is 4.65. The van der Waals surface area contributed by atoms with E-state index in [4.69, 9.17) is 17.3 Å². The first-order valence-electron chi connectivity index (χ1n) is 7.22. The van der Waals surface area contributed by atoms with Crippen LogP contribution in [0.25, 0.3) is 0 Å². The minimum absolute atomic E-state index is 0.0610. The van der Waals surface area contributed by atoms with Crippen molar-refractivity contribution in [2.75, 3.05) is 10.7 Å². The van der Waals surface area contributed by atoms with Crippen LogP contribution in [0.3, 0.4) is 0 Å². The molecule has 0 aromatic heterocycles. The maximum absolute atomic E-state index is 13.9. The van der Waals surface area contributed by atoms with Gasteiger partial charge in [-0.3, -0.25) is 4.79 Å². The SMILES string of the molecule is N[C@H]1CS(=O)(=O)c2cc(F)c(Br)cc2N(Cc2ccc(Cl)cc2)C1=O. The molecule has 1 heterocycles.